The van der Waals surface area contributed by atoms with Gasteiger partial charge in [0.1, 0.15) is 11.5 Å². The van der Waals surface area contributed by atoms with E-state index in [2.05, 4.69) is 77.7 Å². The number of amides is 1. The quantitative estimate of drug-likeness (QED) is 0.368. The molecule has 0 atom stereocenters. The lowest BCUT2D eigenvalue weighted by atomic mass is 10.1. The van der Waals surface area contributed by atoms with Crippen molar-refractivity contribution in [2.24, 2.45) is 0 Å². The Morgan fingerprint density at radius 2 is 1.62 bits per heavy atom. The number of nitrogens with zero attached hydrogens (tertiary/aromatic N) is 4. The van der Waals surface area contributed by atoms with Crippen LogP contribution in [0.3, 0.4) is 0 Å². The zero-order chi connectivity index (χ0) is 24.9. The Kier molecular flexibility index (Phi) is 11.5. The molecule has 0 radical (unpaired) electrons. The molecule has 6 nitrogen and oxygen atoms in total. The van der Waals surface area contributed by atoms with Gasteiger partial charge in [0, 0.05) is 50.0 Å². The Bertz CT molecular complexity index is 1150. The van der Waals surface area contributed by atoms with Gasteiger partial charge in [0.05, 0.1) is 5.69 Å². The molecule has 1 aliphatic rings. The Hall–Kier alpha value is -2.54. The number of aryl methyl sites for hydroxylation is 1. The molecule has 0 saturated carbocycles. The number of nitrogens with one attached hydrogen (secondary N) is 1. The Morgan fingerprint density at radius 3 is 2.27 bits per heavy atom. The van der Waals surface area contributed by atoms with Crippen molar-refractivity contribution in [3.8, 4) is 5.69 Å². The third-order valence-electron chi connectivity index (χ3n) is 7.11. The van der Waals surface area contributed by atoms with Gasteiger partial charge in [-0.25, -0.2) is 4.98 Å². The number of imidazole rings is 1. The molecule has 202 valence electrons. The second kappa shape index (κ2) is 13.8. The number of halogens is 2. The van der Waals surface area contributed by atoms with Crippen LogP contribution in [0.2, 0.25) is 0 Å². The van der Waals surface area contributed by atoms with E-state index in [-0.39, 0.29) is 36.6 Å². The van der Waals surface area contributed by atoms with Crippen molar-refractivity contribution in [1.82, 2.24) is 19.8 Å². The fourth-order valence-corrected chi connectivity index (χ4v) is 4.91. The zero-order valence-corrected chi connectivity index (χ0v) is 24.3. The monoisotopic (exact) mass is 545 g/mol. The highest BCUT2D eigenvalue weighted by Gasteiger charge is 2.22. The van der Waals surface area contributed by atoms with Crippen molar-refractivity contribution in [1.29, 1.82) is 0 Å². The molecule has 1 fully saturated rings. The highest BCUT2D eigenvalue weighted by atomic mass is 35.5. The average Bonchev–Trinajstić information content (AvgIpc) is 3.22. The first-order valence-electron chi connectivity index (χ1n) is 12.8. The van der Waals surface area contributed by atoms with Crippen LogP contribution in [0.25, 0.3) is 5.69 Å². The molecule has 1 N–H and O–H groups in total. The summed E-state index contributed by atoms with van der Waals surface area (Å²) in [7, 11) is 0. The Balaban J connectivity index is 0.00000241. The van der Waals surface area contributed by atoms with Gasteiger partial charge >= 0.3 is 0 Å². The lowest BCUT2D eigenvalue weighted by molar-refractivity contribution is 0.0946. The molecule has 3 aromatic rings. The number of hydrogen-bond donors (Lipinski definition) is 1. The van der Waals surface area contributed by atoms with Crippen molar-refractivity contribution in [2.75, 3.05) is 44.2 Å². The number of anilines is 1. The predicted octanol–water partition coefficient (Wildman–Crippen LogP) is 5.71. The van der Waals surface area contributed by atoms with Crippen LogP contribution in [0.5, 0.6) is 0 Å². The number of para-hydroxylation sites is 1. The van der Waals surface area contributed by atoms with Gasteiger partial charge in [-0.05, 0) is 63.1 Å². The minimum Gasteiger partial charge on any atom is -0.369 e. The van der Waals surface area contributed by atoms with Crippen LogP contribution in [-0.2, 0) is 0 Å². The van der Waals surface area contributed by atoms with Crippen LogP contribution < -0.4 is 10.2 Å². The smallest absolute Gasteiger partial charge is 0.271 e. The molecular weight excluding hydrogens is 505 g/mol. The maximum atomic E-state index is 13.0. The van der Waals surface area contributed by atoms with E-state index in [0.717, 1.165) is 56.4 Å². The minimum atomic E-state index is -0.0844. The van der Waals surface area contributed by atoms with Crippen LogP contribution in [0, 0.1) is 20.8 Å². The van der Waals surface area contributed by atoms with E-state index < -0.39 is 0 Å². The summed E-state index contributed by atoms with van der Waals surface area (Å²) in [5, 5.41) is 3.11. The first kappa shape index (κ1) is 30.7. The zero-order valence-electron chi connectivity index (χ0n) is 22.7. The van der Waals surface area contributed by atoms with E-state index in [1.807, 2.05) is 25.1 Å². The molecule has 2 heterocycles. The largest absolute Gasteiger partial charge is 0.369 e. The summed E-state index contributed by atoms with van der Waals surface area (Å²) in [6.07, 6.45) is 0.935. The van der Waals surface area contributed by atoms with Crippen molar-refractivity contribution in [3.05, 3.63) is 76.9 Å². The Labute approximate surface area is 234 Å². The second-order valence-electron chi connectivity index (χ2n) is 9.89. The fourth-order valence-electron chi connectivity index (χ4n) is 4.91. The molecule has 2 aromatic carbocycles. The van der Waals surface area contributed by atoms with Crippen LogP contribution in [0.4, 0.5) is 5.69 Å². The number of carbonyl (C=O) groups excluding carboxylic acids is 1. The molecule has 4 rings (SSSR count). The number of aromatic nitrogens is 2. The maximum absolute atomic E-state index is 13.0. The molecule has 1 saturated heterocycles. The summed E-state index contributed by atoms with van der Waals surface area (Å²) in [5.74, 6) is 1.05. The fraction of sp³-hybridized carbons (Fsp3) is 0.448. The highest BCUT2D eigenvalue weighted by molar-refractivity contribution is 5.93. The molecule has 0 unspecified atom stereocenters. The van der Waals surface area contributed by atoms with Crippen molar-refractivity contribution in [3.63, 3.8) is 0 Å². The lowest BCUT2D eigenvalue weighted by Gasteiger charge is -2.37. The summed E-state index contributed by atoms with van der Waals surface area (Å²) in [6.45, 7) is 16.5. The number of piperazine rings is 1. The maximum Gasteiger partial charge on any atom is 0.271 e. The first-order valence-corrected chi connectivity index (χ1v) is 12.8. The summed E-state index contributed by atoms with van der Waals surface area (Å²) in [5.41, 5.74) is 6.56. The summed E-state index contributed by atoms with van der Waals surface area (Å²) in [4.78, 5) is 22.7. The summed E-state index contributed by atoms with van der Waals surface area (Å²) >= 11 is 0. The third-order valence-corrected chi connectivity index (χ3v) is 7.11. The molecule has 0 spiro atoms. The van der Waals surface area contributed by atoms with E-state index in [1.165, 1.54) is 16.8 Å². The predicted molar refractivity (Wildman–Crippen MR) is 158 cm³/mol. The van der Waals surface area contributed by atoms with E-state index in [9.17, 15) is 4.79 Å². The molecule has 1 aromatic heterocycles. The Morgan fingerprint density at radius 1 is 0.946 bits per heavy atom. The van der Waals surface area contributed by atoms with Gasteiger partial charge in [-0.3, -0.25) is 14.3 Å². The standard InChI is InChI=1S/C29H39N5O.2ClH/c1-21(2)28-31-27(24(5)34(28)25-12-7-6-8-13-25)29(35)30-15-10-16-32-17-19-33(20-18-32)26-14-9-11-22(3)23(26)4;;/h6-9,11-14,21H,10,15-20H2,1-5H3,(H,30,35);2*1H. The summed E-state index contributed by atoms with van der Waals surface area (Å²) in [6, 6.07) is 16.7. The third kappa shape index (κ3) is 7.07. The van der Waals surface area contributed by atoms with Gasteiger partial charge in [0.15, 0.2) is 0 Å². The van der Waals surface area contributed by atoms with Crippen LogP contribution in [0.1, 0.15) is 59.3 Å². The minimum absolute atomic E-state index is 0. The van der Waals surface area contributed by atoms with Crippen LogP contribution >= 0.6 is 24.8 Å². The molecule has 1 aliphatic heterocycles. The van der Waals surface area contributed by atoms with Gasteiger partial charge in [-0.1, -0.05) is 44.2 Å². The lowest BCUT2D eigenvalue weighted by Crippen LogP contribution is -2.47. The number of rotatable bonds is 8. The van der Waals surface area contributed by atoms with Crippen molar-refractivity contribution >= 4 is 36.4 Å². The number of hydrogen-bond acceptors (Lipinski definition) is 4. The number of carbonyl (C=O) groups is 1. The molecule has 37 heavy (non-hydrogen) atoms. The molecule has 1 amide bonds. The molecule has 0 aliphatic carbocycles. The average molecular weight is 547 g/mol. The van der Waals surface area contributed by atoms with E-state index >= 15 is 0 Å². The summed E-state index contributed by atoms with van der Waals surface area (Å²) < 4.78 is 2.11. The second-order valence-corrected chi connectivity index (χ2v) is 9.89. The van der Waals surface area contributed by atoms with Gasteiger partial charge in [-0.2, -0.15) is 0 Å². The van der Waals surface area contributed by atoms with E-state index in [4.69, 9.17) is 4.98 Å². The number of benzene rings is 2. The molecule has 0 bridgehead atoms. The van der Waals surface area contributed by atoms with E-state index in [0.29, 0.717) is 12.2 Å². The van der Waals surface area contributed by atoms with Crippen molar-refractivity contribution < 1.29 is 4.79 Å². The van der Waals surface area contributed by atoms with Gasteiger partial charge in [-0.15, -0.1) is 24.8 Å². The topological polar surface area (TPSA) is 53.4 Å². The van der Waals surface area contributed by atoms with E-state index in [1.54, 1.807) is 0 Å². The molecule has 8 heteroatoms. The molecular formula is C29H41Cl2N5O. The first-order chi connectivity index (χ1) is 16.9. The van der Waals surface area contributed by atoms with Gasteiger partial charge in [0.25, 0.3) is 5.91 Å². The van der Waals surface area contributed by atoms with Gasteiger partial charge < -0.3 is 10.2 Å². The van der Waals surface area contributed by atoms with Crippen LogP contribution in [0.15, 0.2) is 48.5 Å². The SMILES string of the molecule is Cc1cccc(N2CCN(CCCNC(=O)c3nc(C(C)C)n(-c4ccccc4)c3C)CC2)c1C.Cl.Cl. The van der Waals surface area contributed by atoms with Crippen LogP contribution in [-0.4, -0.2) is 59.6 Å². The highest BCUT2D eigenvalue weighted by Crippen LogP contribution is 2.25. The van der Waals surface area contributed by atoms with Crippen molar-refractivity contribution in [2.45, 2.75) is 47.0 Å². The normalized spacial score (nSPS) is 13.7. The van der Waals surface area contributed by atoms with Gasteiger partial charge in [0.2, 0.25) is 0 Å².